The van der Waals surface area contributed by atoms with Gasteiger partial charge in [-0.2, -0.15) is 0 Å². The van der Waals surface area contributed by atoms with Gasteiger partial charge in [-0.05, 0) is 6.07 Å². The highest BCUT2D eigenvalue weighted by Crippen LogP contribution is 2.20. The van der Waals surface area contributed by atoms with Crippen molar-refractivity contribution in [3.05, 3.63) is 29.3 Å². The van der Waals surface area contributed by atoms with Crippen LogP contribution in [-0.2, 0) is 16.1 Å². The lowest BCUT2D eigenvalue weighted by Gasteiger charge is -2.08. The van der Waals surface area contributed by atoms with Gasteiger partial charge in [-0.15, -0.1) is 0 Å². The van der Waals surface area contributed by atoms with E-state index in [0.29, 0.717) is 6.54 Å². The highest BCUT2D eigenvalue weighted by Gasteiger charge is 2.10. The third-order valence-corrected chi connectivity index (χ3v) is 2.37. The van der Waals surface area contributed by atoms with Gasteiger partial charge < -0.3 is 14.8 Å². The number of esters is 1. The highest BCUT2D eigenvalue weighted by molar-refractivity contribution is 5.69. The second-order valence-corrected chi connectivity index (χ2v) is 3.58. The molecule has 0 fully saturated rings. The number of rotatable bonds is 6. The van der Waals surface area contributed by atoms with Crippen molar-refractivity contribution in [3.8, 4) is 5.75 Å². The molecule has 6 heteroatoms. The largest absolute Gasteiger partial charge is 0.494 e. The second kappa shape index (κ2) is 6.90. The van der Waals surface area contributed by atoms with Gasteiger partial charge in [0.25, 0.3) is 0 Å². The van der Waals surface area contributed by atoms with Crippen LogP contribution in [0, 0.1) is 11.6 Å². The van der Waals surface area contributed by atoms with E-state index in [1.807, 2.05) is 0 Å². The summed E-state index contributed by atoms with van der Waals surface area (Å²) >= 11 is 0. The molecular weight excluding hydrogens is 244 g/mol. The third kappa shape index (κ3) is 3.96. The molecule has 0 spiro atoms. The number of ether oxygens (including phenoxy) is 2. The fourth-order valence-corrected chi connectivity index (χ4v) is 1.38. The van der Waals surface area contributed by atoms with Crippen LogP contribution in [0.5, 0.6) is 5.75 Å². The molecule has 0 aliphatic rings. The Kier molecular flexibility index (Phi) is 5.51. The topological polar surface area (TPSA) is 47.6 Å². The van der Waals surface area contributed by atoms with E-state index in [-0.39, 0.29) is 30.2 Å². The first kappa shape index (κ1) is 14.4. The third-order valence-electron chi connectivity index (χ3n) is 2.37. The lowest BCUT2D eigenvalue weighted by molar-refractivity contribution is -0.140. The van der Waals surface area contributed by atoms with E-state index in [0.717, 1.165) is 12.1 Å². The summed E-state index contributed by atoms with van der Waals surface area (Å²) in [5.41, 5.74) is 0.179. The molecule has 1 aromatic rings. The van der Waals surface area contributed by atoms with Gasteiger partial charge in [0.1, 0.15) is 5.82 Å². The van der Waals surface area contributed by atoms with Gasteiger partial charge in [-0.1, -0.05) is 0 Å². The SMILES string of the molecule is COC(=O)CCNCc1cc(F)c(OC)cc1F. The molecule has 1 aromatic carbocycles. The molecule has 0 aliphatic heterocycles. The predicted octanol–water partition coefficient (Wildman–Crippen LogP) is 1.63. The lowest BCUT2D eigenvalue weighted by Crippen LogP contribution is -2.19. The first-order chi connectivity index (χ1) is 8.58. The van der Waals surface area contributed by atoms with Crippen LogP contribution in [0.3, 0.4) is 0 Å². The molecule has 18 heavy (non-hydrogen) atoms. The first-order valence-corrected chi connectivity index (χ1v) is 5.38. The Balaban J connectivity index is 2.52. The molecule has 4 nitrogen and oxygen atoms in total. The van der Waals surface area contributed by atoms with Crippen molar-refractivity contribution < 1.29 is 23.0 Å². The Labute approximate surface area is 104 Å². The van der Waals surface area contributed by atoms with Crippen molar-refractivity contribution in [1.82, 2.24) is 5.32 Å². The zero-order valence-corrected chi connectivity index (χ0v) is 10.3. The van der Waals surface area contributed by atoms with Crippen molar-refractivity contribution in [2.75, 3.05) is 20.8 Å². The van der Waals surface area contributed by atoms with Crippen molar-refractivity contribution in [1.29, 1.82) is 0 Å². The van der Waals surface area contributed by atoms with Crippen LogP contribution >= 0.6 is 0 Å². The van der Waals surface area contributed by atoms with Crippen LogP contribution in [0.2, 0.25) is 0 Å². The smallest absolute Gasteiger partial charge is 0.306 e. The van der Waals surface area contributed by atoms with E-state index in [2.05, 4.69) is 14.8 Å². The Morgan fingerprint density at radius 3 is 2.61 bits per heavy atom. The number of hydrogen-bond donors (Lipinski definition) is 1. The van der Waals surface area contributed by atoms with Gasteiger partial charge in [-0.3, -0.25) is 4.79 Å². The Morgan fingerprint density at radius 2 is 2.00 bits per heavy atom. The number of hydrogen-bond acceptors (Lipinski definition) is 4. The molecule has 0 unspecified atom stereocenters. The summed E-state index contributed by atoms with van der Waals surface area (Å²) in [5.74, 6) is -1.67. The molecule has 0 saturated heterocycles. The van der Waals surface area contributed by atoms with Gasteiger partial charge in [0.05, 0.1) is 20.6 Å². The van der Waals surface area contributed by atoms with Gasteiger partial charge in [0.15, 0.2) is 11.6 Å². The molecular formula is C12H15F2NO3. The summed E-state index contributed by atoms with van der Waals surface area (Å²) < 4.78 is 35.9. The predicted molar refractivity (Wildman–Crippen MR) is 61.2 cm³/mol. The standard InChI is InChI=1S/C12H15F2NO3/c1-17-11-6-9(13)8(5-10(11)14)7-15-4-3-12(16)18-2/h5-6,15H,3-4,7H2,1-2H3. The van der Waals surface area contributed by atoms with Crippen molar-refractivity contribution >= 4 is 5.97 Å². The van der Waals surface area contributed by atoms with Crippen LogP contribution in [0.1, 0.15) is 12.0 Å². The van der Waals surface area contributed by atoms with Crippen LogP contribution < -0.4 is 10.1 Å². The quantitative estimate of drug-likeness (QED) is 0.623. The van der Waals surface area contributed by atoms with Crippen molar-refractivity contribution in [2.24, 2.45) is 0 Å². The van der Waals surface area contributed by atoms with Gasteiger partial charge in [0, 0.05) is 24.7 Å². The average Bonchev–Trinajstić information content (AvgIpc) is 2.37. The van der Waals surface area contributed by atoms with Crippen LogP contribution in [0.4, 0.5) is 8.78 Å². The molecule has 0 saturated carbocycles. The Bertz CT molecular complexity index is 424. The first-order valence-electron chi connectivity index (χ1n) is 5.38. The second-order valence-electron chi connectivity index (χ2n) is 3.58. The van der Waals surface area contributed by atoms with E-state index < -0.39 is 11.6 Å². The minimum atomic E-state index is -0.622. The minimum Gasteiger partial charge on any atom is -0.494 e. The fourth-order valence-electron chi connectivity index (χ4n) is 1.38. The molecule has 0 aromatic heterocycles. The van der Waals surface area contributed by atoms with Crippen molar-refractivity contribution in [2.45, 2.75) is 13.0 Å². The molecule has 100 valence electrons. The van der Waals surface area contributed by atoms with E-state index in [1.165, 1.54) is 14.2 Å². The monoisotopic (exact) mass is 259 g/mol. The number of benzene rings is 1. The molecule has 1 rings (SSSR count). The van der Waals surface area contributed by atoms with E-state index in [4.69, 9.17) is 0 Å². The molecule has 0 atom stereocenters. The maximum Gasteiger partial charge on any atom is 0.306 e. The Morgan fingerprint density at radius 1 is 1.28 bits per heavy atom. The summed E-state index contributed by atoms with van der Waals surface area (Å²) in [5, 5.41) is 2.82. The van der Waals surface area contributed by atoms with Crippen LogP contribution in [0.15, 0.2) is 12.1 Å². The minimum absolute atomic E-state index is 0.129. The van der Waals surface area contributed by atoms with Crippen LogP contribution in [-0.4, -0.2) is 26.7 Å². The van der Waals surface area contributed by atoms with Gasteiger partial charge >= 0.3 is 5.97 Å². The van der Waals surface area contributed by atoms with E-state index in [9.17, 15) is 13.6 Å². The van der Waals surface area contributed by atoms with Gasteiger partial charge in [-0.25, -0.2) is 8.78 Å². The maximum atomic E-state index is 13.5. The fraction of sp³-hybridized carbons (Fsp3) is 0.417. The highest BCUT2D eigenvalue weighted by atomic mass is 19.1. The summed E-state index contributed by atoms with van der Waals surface area (Å²) in [4.78, 5) is 10.8. The molecule has 0 amide bonds. The number of carbonyl (C=O) groups excluding carboxylic acids is 1. The summed E-state index contributed by atoms with van der Waals surface area (Å²) in [6.07, 6.45) is 0.177. The normalized spacial score (nSPS) is 10.2. The van der Waals surface area contributed by atoms with E-state index in [1.54, 1.807) is 0 Å². The lowest BCUT2D eigenvalue weighted by atomic mass is 10.2. The number of carbonyl (C=O) groups is 1. The molecule has 0 heterocycles. The Hall–Kier alpha value is -1.69. The molecule has 0 aliphatic carbocycles. The maximum absolute atomic E-state index is 13.5. The molecule has 0 bridgehead atoms. The van der Waals surface area contributed by atoms with E-state index >= 15 is 0 Å². The molecule has 0 radical (unpaired) electrons. The number of nitrogens with one attached hydrogen (secondary N) is 1. The number of halogens is 2. The summed E-state index contributed by atoms with van der Waals surface area (Å²) in [6, 6.07) is 2.06. The van der Waals surface area contributed by atoms with Gasteiger partial charge in [0.2, 0.25) is 0 Å². The summed E-state index contributed by atoms with van der Waals surface area (Å²) in [6.45, 7) is 0.462. The average molecular weight is 259 g/mol. The van der Waals surface area contributed by atoms with Crippen molar-refractivity contribution in [3.63, 3.8) is 0 Å². The number of methoxy groups -OCH3 is 2. The summed E-state index contributed by atoms with van der Waals surface area (Å²) in [7, 11) is 2.56. The van der Waals surface area contributed by atoms with Crippen LogP contribution in [0.25, 0.3) is 0 Å². The zero-order chi connectivity index (χ0) is 13.5. The zero-order valence-electron chi connectivity index (χ0n) is 10.3. The molecule has 1 N–H and O–H groups in total.